The van der Waals surface area contributed by atoms with E-state index in [4.69, 9.17) is 28.9 Å². The summed E-state index contributed by atoms with van der Waals surface area (Å²) in [5.74, 6) is -0.292. The van der Waals surface area contributed by atoms with Crippen molar-refractivity contribution in [2.75, 3.05) is 26.2 Å². The number of benzene rings is 3. The first-order valence-corrected chi connectivity index (χ1v) is 14.0. The fourth-order valence-corrected chi connectivity index (χ4v) is 6.93. The predicted molar refractivity (Wildman–Crippen MR) is 153 cm³/mol. The van der Waals surface area contributed by atoms with Crippen molar-refractivity contribution in [3.63, 3.8) is 0 Å². The van der Waals surface area contributed by atoms with Crippen LogP contribution in [0, 0.1) is 0 Å². The van der Waals surface area contributed by atoms with E-state index in [9.17, 15) is 9.59 Å². The van der Waals surface area contributed by atoms with Gasteiger partial charge < -0.3 is 10.6 Å². The second-order valence-electron chi connectivity index (χ2n) is 10.5. The molecule has 2 amide bonds. The molecule has 7 heteroatoms. The lowest BCUT2D eigenvalue weighted by atomic mass is 9.61. The van der Waals surface area contributed by atoms with Crippen LogP contribution in [0.1, 0.15) is 47.7 Å². The Kier molecular flexibility index (Phi) is 7.54. The molecule has 0 saturated carbocycles. The number of likely N-dealkylation sites (tertiary alicyclic amines) is 2. The maximum atomic E-state index is 13.6. The average Bonchev–Trinajstić information content (AvgIpc) is 3.41. The Morgan fingerprint density at radius 2 is 1.58 bits per heavy atom. The van der Waals surface area contributed by atoms with Gasteiger partial charge in [-0.15, -0.1) is 0 Å². The molecule has 3 aromatic rings. The van der Waals surface area contributed by atoms with Crippen molar-refractivity contribution in [1.29, 1.82) is 0 Å². The standard InChI is InChI=1S/C31H33Cl2N3O2/c1-2-35-17-15-30(29(34)38,23-11-7-4-8-12-23)20-27(35)31(24-13-14-25(32)26(33)19-24)16-18-36(21-31)28(37)22-9-5-3-6-10-22/h3-14,19,27H,2,15-18,20-21H2,1H3,(H2,34,38). The van der Waals surface area contributed by atoms with Crippen molar-refractivity contribution in [3.8, 4) is 0 Å². The molecule has 5 rings (SSSR count). The molecule has 38 heavy (non-hydrogen) atoms. The number of carbonyl (C=O) groups is 2. The zero-order valence-electron chi connectivity index (χ0n) is 21.6. The van der Waals surface area contributed by atoms with E-state index < -0.39 is 10.8 Å². The van der Waals surface area contributed by atoms with Crippen LogP contribution < -0.4 is 5.73 Å². The molecule has 3 aromatic carbocycles. The zero-order chi connectivity index (χ0) is 26.9. The van der Waals surface area contributed by atoms with Gasteiger partial charge in [0.1, 0.15) is 0 Å². The minimum Gasteiger partial charge on any atom is -0.369 e. The first kappa shape index (κ1) is 26.7. The van der Waals surface area contributed by atoms with E-state index >= 15 is 0 Å². The number of primary amides is 1. The topological polar surface area (TPSA) is 66.6 Å². The second-order valence-corrected chi connectivity index (χ2v) is 11.4. The normalized spacial score (nSPS) is 25.9. The SMILES string of the molecule is CCN1CCC(C(N)=O)(c2ccccc2)CC1C1(c2ccc(Cl)c(Cl)c2)CCN(C(=O)c2ccccc2)C1. The molecular weight excluding hydrogens is 517 g/mol. The van der Waals surface area contributed by atoms with Gasteiger partial charge in [-0.2, -0.15) is 0 Å². The van der Waals surface area contributed by atoms with Gasteiger partial charge in [0.15, 0.2) is 0 Å². The van der Waals surface area contributed by atoms with Crippen LogP contribution >= 0.6 is 23.2 Å². The molecule has 2 aliphatic heterocycles. The van der Waals surface area contributed by atoms with E-state index in [1.165, 1.54) is 0 Å². The first-order chi connectivity index (χ1) is 18.3. The Balaban J connectivity index is 1.61. The Hall–Kier alpha value is -2.86. The lowest BCUT2D eigenvalue weighted by Crippen LogP contribution is -2.61. The molecule has 5 nitrogen and oxygen atoms in total. The van der Waals surface area contributed by atoms with Crippen molar-refractivity contribution in [2.45, 2.75) is 43.1 Å². The summed E-state index contributed by atoms with van der Waals surface area (Å²) < 4.78 is 0. The van der Waals surface area contributed by atoms with Crippen LogP contribution in [0.15, 0.2) is 78.9 Å². The highest BCUT2D eigenvalue weighted by Crippen LogP contribution is 2.49. The molecule has 3 atom stereocenters. The summed E-state index contributed by atoms with van der Waals surface area (Å²) in [5.41, 5.74) is 7.61. The lowest BCUT2D eigenvalue weighted by molar-refractivity contribution is -0.127. The van der Waals surface area contributed by atoms with E-state index in [2.05, 4.69) is 11.8 Å². The quantitative estimate of drug-likeness (QED) is 0.429. The first-order valence-electron chi connectivity index (χ1n) is 13.2. The third-order valence-electron chi connectivity index (χ3n) is 8.75. The minimum absolute atomic E-state index is 0.00983. The molecule has 2 aliphatic rings. The Bertz CT molecular complexity index is 1320. The van der Waals surface area contributed by atoms with Gasteiger partial charge in [-0.3, -0.25) is 14.5 Å². The van der Waals surface area contributed by atoms with Crippen LogP contribution in [-0.2, 0) is 15.6 Å². The zero-order valence-corrected chi connectivity index (χ0v) is 23.1. The number of nitrogens with two attached hydrogens (primary N) is 1. The van der Waals surface area contributed by atoms with Gasteiger partial charge in [0.25, 0.3) is 5.91 Å². The highest BCUT2D eigenvalue weighted by molar-refractivity contribution is 6.42. The molecule has 198 valence electrons. The van der Waals surface area contributed by atoms with Gasteiger partial charge in [0, 0.05) is 30.1 Å². The molecule has 0 radical (unpaired) electrons. The van der Waals surface area contributed by atoms with Crippen molar-refractivity contribution >= 4 is 35.0 Å². The number of hydrogen-bond acceptors (Lipinski definition) is 3. The molecule has 2 heterocycles. The van der Waals surface area contributed by atoms with Crippen LogP contribution in [0.4, 0.5) is 0 Å². The van der Waals surface area contributed by atoms with Crippen molar-refractivity contribution in [2.24, 2.45) is 5.73 Å². The highest BCUT2D eigenvalue weighted by Gasteiger charge is 2.55. The Morgan fingerprint density at radius 3 is 2.21 bits per heavy atom. The average molecular weight is 551 g/mol. The largest absolute Gasteiger partial charge is 0.369 e. The summed E-state index contributed by atoms with van der Waals surface area (Å²) in [5, 5.41) is 0.979. The number of halogens is 2. The van der Waals surface area contributed by atoms with Crippen LogP contribution in [0.5, 0.6) is 0 Å². The van der Waals surface area contributed by atoms with Gasteiger partial charge in [-0.05, 0) is 67.7 Å². The number of amides is 2. The number of carbonyl (C=O) groups excluding carboxylic acids is 2. The van der Waals surface area contributed by atoms with Crippen LogP contribution in [0.3, 0.4) is 0 Å². The fraction of sp³-hybridized carbons (Fsp3) is 0.355. The molecule has 0 spiro atoms. The maximum Gasteiger partial charge on any atom is 0.253 e. The second kappa shape index (κ2) is 10.7. The number of hydrogen-bond donors (Lipinski definition) is 1. The summed E-state index contributed by atoms with van der Waals surface area (Å²) >= 11 is 12.9. The molecular formula is C31H33Cl2N3O2. The predicted octanol–water partition coefficient (Wildman–Crippen LogP) is 5.68. The molecule has 2 saturated heterocycles. The number of likely N-dealkylation sites (N-methyl/N-ethyl adjacent to an activating group) is 1. The highest BCUT2D eigenvalue weighted by atomic mass is 35.5. The molecule has 2 fully saturated rings. The van der Waals surface area contributed by atoms with E-state index in [1.54, 1.807) is 0 Å². The van der Waals surface area contributed by atoms with Gasteiger partial charge >= 0.3 is 0 Å². The minimum atomic E-state index is -0.794. The summed E-state index contributed by atoms with van der Waals surface area (Å²) in [7, 11) is 0. The Morgan fingerprint density at radius 1 is 0.895 bits per heavy atom. The van der Waals surface area contributed by atoms with Crippen molar-refractivity contribution < 1.29 is 9.59 Å². The van der Waals surface area contributed by atoms with E-state index in [0.29, 0.717) is 41.5 Å². The molecule has 3 unspecified atom stereocenters. The van der Waals surface area contributed by atoms with Gasteiger partial charge in [0.05, 0.1) is 15.5 Å². The monoisotopic (exact) mass is 549 g/mol. The lowest BCUT2D eigenvalue weighted by Gasteiger charge is -2.52. The van der Waals surface area contributed by atoms with Crippen LogP contribution in [-0.4, -0.2) is 53.8 Å². The number of nitrogens with zero attached hydrogens (tertiary/aromatic N) is 2. The van der Waals surface area contributed by atoms with E-state index in [0.717, 1.165) is 30.6 Å². The van der Waals surface area contributed by atoms with Crippen LogP contribution in [0.25, 0.3) is 0 Å². The summed E-state index contributed by atoms with van der Waals surface area (Å²) in [6, 6.07) is 25.1. The Labute approximate surface area is 234 Å². The van der Waals surface area contributed by atoms with Gasteiger partial charge in [-0.25, -0.2) is 0 Å². The van der Waals surface area contributed by atoms with Crippen molar-refractivity contribution in [1.82, 2.24) is 9.80 Å². The fourth-order valence-electron chi connectivity index (χ4n) is 6.64. The molecule has 2 N–H and O–H groups in total. The number of piperidine rings is 1. The smallest absolute Gasteiger partial charge is 0.253 e. The van der Waals surface area contributed by atoms with Crippen LogP contribution in [0.2, 0.25) is 10.0 Å². The summed E-state index contributed by atoms with van der Waals surface area (Å²) in [6.07, 6.45) is 1.96. The molecule has 0 aromatic heterocycles. The van der Waals surface area contributed by atoms with Gasteiger partial charge in [0.2, 0.25) is 5.91 Å². The van der Waals surface area contributed by atoms with Crippen molar-refractivity contribution in [3.05, 3.63) is 106 Å². The van der Waals surface area contributed by atoms with E-state index in [1.807, 2.05) is 83.8 Å². The molecule has 0 aliphatic carbocycles. The maximum absolute atomic E-state index is 13.6. The summed E-state index contributed by atoms with van der Waals surface area (Å²) in [6.45, 7) is 4.83. The number of rotatable bonds is 6. The van der Waals surface area contributed by atoms with E-state index in [-0.39, 0.29) is 17.9 Å². The summed E-state index contributed by atoms with van der Waals surface area (Å²) in [4.78, 5) is 31.2. The molecule has 0 bridgehead atoms. The third-order valence-corrected chi connectivity index (χ3v) is 9.49. The van der Waals surface area contributed by atoms with Gasteiger partial charge in [-0.1, -0.05) is 84.7 Å². The third kappa shape index (κ3) is 4.61.